The number of ether oxygens (including phenoxy) is 1. The molecule has 0 spiro atoms. The van der Waals surface area contributed by atoms with Crippen LogP contribution in [-0.2, 0) is 25.7 Å². The number of para-hydroxylation sites is 2. The van der Waals surface area contributed by atoms with Crippen molar-refractivity contribution in [2.75, 3.05) is 36.1 Å². The lowest BCUT2D eigenvalue weighted by atomic mass is 9.79. The lowest BCUT2D eigenvalue weighted by Gasteiger charge is -2.35. The molecule has 1 fully saturated rings. The third kappa shape index (κ3) is 15.4. The molecule has 3 atom stereocenters. The fourth-order valence-electron chi connectivity index (χ4n) is 7.91. The van der Waals surface area contributed by atoms with Crippen LogP contribution in [0.25, 0.3) is 10.4 Å². The normalized spacial score (nSPS) is 15.3. The first-order valence-corrected chi connectivity index (χ1v) is 23.7. The van der Waals surface area contributed by atoms with Crippen LogP contribution in [-0.4, -0.2) is 76.4 Å². The molecule has 1 saturated heterocycles. The van der Waals surface area contributed by atoms with E-state index < -0.39 is 23.5 Å². The van der Waals surface area contributed by atoms with Gasteiger partial charge in [0.2, 0.25) is 23.6 Å². The molecule has 7 N–H and O–H groups in total. The molecule has 1 aliphatic heterocycles. The number of carbonyl (C=O) groups excluding carboxylic acids is 5. The highest BCUT2D eigenvalue weighted by Crippen LogP contribution is 2.33. The molecule has 3 aromatic carbocycles. The Kier molecular flexibility index (Phi) is 18.9. The van der Waals surface area contributed by atoms with Gasteiger partial charge >= 0.3 is 0 Å². The highest BCUT2D eigenvalue weighted by Gasteiger charge is 2.44. The van der Waals surface area contributed by atoms with Crippen molar-refractivity contribution in [1.82, 2.24) is 20.5 Å². The number of hydrogen-bond donors (Lipinski definition) is 6. The average Bonchev–Trinajstić information content (AvgIpc) is 3.88. The van der Waals surface area contributed by atoms with Crippen LogP contribution in [0.2, 0.25) is 0 Å². The number of aromatic nitrogens is 1. The quantitative estimate of drug-likeness (QED) is 0.0313. The largest absolute Gasteiger partial charge is 0.493 e. The van der Waals surface area contributed by atoms with Crippen molar-refractivity contribution >= 4 is 57.9 Å². The van der Waals surface area contributed by atoms with Gasteiger partial charge in [0.05, 0.1) is 46.1 Å². The van der Waals surface area contributed by atoms with Gasteiger partial charge in [0.25, 0.3) is 5.91 Å². The number of aliphatic hydroxyl groups excluding tert-OH is 1. The summed E-state index contributed by atoms with van der Waals surface area (Å²) in [5.74, 6) is -1.06. The number of anilines is 3. The minimum Gasteiger partial charge on any atom is -0.493 e. The Bertz CT molecular complexity index is 2220. The van der Waals surface area contributed by atoms with Crippen molar-refractivity contribution < 1.29 is 33.8 Å². The van der Waals surface area contributed by atoms with Gasteiger partial charge in [-0.2, -0.15) is 0 Å². The van der Waals surface area contributed by atoms with E-state index in [9.17, 15) is 29.1 Å². The molecule has 0 aliphatic carbocycles. The second-order valence-corrected chi connectivity index (χ2v) is 18.9. The molecule has 0 bridgehead atoms. The first-order valence-electron chi connectivity index (χ1n) is 22.8. The van der Waals surface area contributed by atoms with Gasteiger partial charge in [-0.25, -0.2) is 4.98 Å². The summed E-state index contributed by atoms with van der Waals surface area (Å²) in [6, 6.07) is 19.0. The number of nitrogens with two attached hydrogens (primary N) is 1. The zero-order valence-electron chi connectivity index (χ0n) is 38.5. The van der Waals surface area contributed by atoms with Crippen LogP contribution in [0.1, 0.15) is 120 Å². The number of rotatable bonds is 23. The van der Waals surface area contributed by atoms with Crippen molar-refractivity contribution in [3.63, 3.8) is 0 Å². The molecule has 65 heavy (non-hydrogen) atoms. The number of aryl methyl sites for hydroxylation is 1. The summed E-state index contributed by atoms with van der Waals surface area (Å²) in [6.07, 6.45) is 9.02. The Hall–Kier alpha value is -5.80. The molecule has 1 aromatic heterocycles. The number of β-amino-alcohol motifs (C(OH)–C–C–N with tert-alkyl or cyclic N) is 1. The summed E-state index contributed by atoms with van der Waals surface area (Å²) in [7, 11) is 0. The van der Waals surface area contributed by atoms with E-state index in [0.717, 1.165) is 79.5 Å². The Morgan fingerprint density at radius 1 is 0.892 bits per heavy atom. The summed E-state index contributed by atoms with van der Waals surface area (Å²) in [5, 5.41) is 22.1. The van der Waals surface area contributed by atoms with E-state index in [1.807, 2.05) is 51.4 Å². The lowest BCUT2D eigenvalue weighted by molar-refractivity contribution is -0.144. The third-order valence-electron chi connectivity index (χ3n) is 11.7. The van der Waals surface area contributed by atoms with Crippen LogP contribution >= 0.6 is 11.3 Å². The van der Waals surface area contributed by atoms with E-state index in [-0.39, 0.29) is 55.6 Å². The number of aliphatic hydroxyl groups is 1. The first kappa shape index (κ1) is 50.2. The molecule has 0 unspecified atom stereocenters. The molecule has 0 radical (unpaired) electrons. The number of hydrogen-bond acceptors (Lipinski definition) is 10. The zero-order chi connectivity index (χ0) is 46.9. The number of amides is 5. The molecule has 0 saturated carbocycles. The number of carbonyl (C=O) groups is 5. The summed E-state index contributed by atoms with van der Waals surface area (Å²) in [4.78, 5) is 71.2. The van der Waals surface area contributed by atoms with Gasteiger partial charge in [-0.05, 0) is 73.2 Å². The smallest absolute Gasteiger partial charge is 0.255 e. The van der Waals surface area contributed by atoms with Gasteiger partial charge in [-0.15, -0.1) is 11.3 Å². The summed E-state index contributed by atoms with van der Waals surface area (Å²) < 4.78 is 6.37. The summed E-state index contributed by atoms with van der Waals surface area (Å²) >= 11 is 1.56. The lowest BCUT2D eigenvalue weighted by Crippen LogP contribution is -2.52. The highest BCUT2D eigenvalue weighted by molar-refractivity contribution is 7.13. The Morgan fingerprint density at radius 3 is 2.22 bits per heavy atom. The molecule has 14 nitrogen and oxygen atoms in total. The maximum absolute atomic E-state index is 13.8. The van der Waals surface area contributed by atoms with Crippen molar-refractivity contribution in [3.05, 3.63) is 89.1 Å². The van der Waals surface area contributed by atoms with Crippen LogP contribution in [0.3, 0.4) is 0 Å². The van der Waals surface area contributed by atoms with Crippen molar-refractivity contribution in [1.29, 1.82) is 0 Å². The monoisotopic (exact) mass is 909 g/mol. The molecule has 2 heterocycles. The number of thiazole rings is 1. The maximum atomic E-state index is 13.8. The minimum atomic E-state index is -0.837. The molecular formula is C50H67N7O7S. The zero-order valence-corrected chi connectivity index (χ0v) is 39.4. The standard InChI is InChI=1S/C50H67N7O7S/c1-33-46(65-32-54-33)36-20-21-37(29-53-48(62)43-28-39(59)31-57(43)49(63)40(50(3,4)5)30-52-34(2)58)44(27-36)64-26-16-12-10-8-6-7-9-11-13-19-45(60)55-38-24-22-35(23-25-38)47(61)56-42-18-15-14-17-41(42)51/h14-15,17-18,20-25,27,32,39-40,43,59H,6-13,16,19,26,28-31,51H2,1-5H3,(H,52,58)(H,53,62)(H,55,60)(H,56,61)/t39-,40-,43+/m1/s1. The molecule has 15 heteroatoms. The van der Waals surface area contributed by atoms with Gasteiger partial charge < -0.3 is 41.7 Å². The predicted octanol–water partition coefficient (Wildman–Crippen LogP) is 8.25. The Labute approximate surface area is 387 Å². The van der Waals surface area contributed by atoms with Crippen LogP contribution in [0.4, 0.5) is 17.1 Å². The fourth-order valence-corrected chi connectivity index (χ4v) is 8.71. The maximum Gasteiger partial charge on any atom is 0.255 e. The molecular weight excluding hydrogens is 843 g/mol. The van der Waals surface area contributed by atoms with Crippen molar-refractivity contribution in [2.24, 2.45) is 11.3 Å². The average molecular weight is 910 g/mol. The fraction of sp³-hybridized carbons (Fsp3) is 0.480. The van der Waals surface area contributed by atoms with E-state index >= 15 is 0 Å². The summed E-state index contributed by atoms with van der Waals surface area (Å²) in [6.45, 7) is 10.1. The molecule has 5 amide bonds. The summed E-state index contributed by atoms with van der Waals surface area (Å²) in [5.41, 5.74) is 12.1. The number of unbranched alkanes of at least 4 members (excludes halogenated alkanes) is 8. The van der Waals surface area contributed by atoms with Crippen LogP contribution in [0.15, 0.2) is 72.2 Å². The van der Waals surface area contributed by atoms with Gasteiger partial charge in [0.1, 0.15) is 11.8 Å². The molecule has 4 aromatic rings. The van der Waals surface area contributed by atoms with Gasteiger partial charge in [0, 0.05) is 56.2 Å². The molecule has 350 valence electrons. The Morgan fingerprint density at radius 2 is 1.57 bits per heavy atom. The van der Waals surface area contributed by atoms with Crippen molar-refractivity contribution in [3.8, 4) is 16.2 Å². The number of likely N-dealkylation sites (tertiary alicyclic amines) is 1. The molecule has 1 aliphatic rings. The predicted molar refractivity (Wildman–Crippen MR) is 257 cm³/mol. The Balaban J connectivity index is 1.00. The van der Waals surface area contributed by atoms with Crippen LogP contribution in [0, 0.1) is 18.3 Å². The van der Waals surface area contributed by atoms with Crippen LogP contribution < -0.4 is 31.7 Å². The van der Waals surface area contributed by atoms with Crippen molar-refractivity contribution in [2.45, 2.75) is 124 Å². The number of nitrogens with zero attached hydrogens (tertiary/aromatic N) is 2. The number of nitrogen functional groups attached to an aromatic ring is 1. The van der Waals surface area contributed by atoms with E-state index in [0.29, 0.717) is 41.4 Å². The van der Waals surface area contributed by atoms with Gasteiger partial charge in [-0.3, -0.25) is 24.0 Å². The van der Waals surface area contributed by atoms with E-state index in [1.54, 1.807) is 59.9 Å². The highest BCUT2D eigenvalue weighted by atomic mass is 32.1. The first-order chi connectivity index (χ1) is 31.1. The van der Waals surface area contributed by atoms with E-state index in [1.165, 1.54) is 11.8 Å². The SMILES string of the molecule is CC(=O)NC[C@H](C(=O)N1C[C@H](O)C[C@H]1C(=O)NCc1ccc(-c2scnc2C)cc1OCCCCCCCCCCCC(=O)Nc1ccc(C(=O)Nc2ccccc2N)cc1)C(C)(C)C. The van der Waals surface area contributed by atoms with Gasteiger partial charge in [-0.1, -0.05) is 90.0 Å². The van der Waals surface area contributed by atoms with E-state index in [4.69, 9.17) is 10.5 Å². The molecule has 5 rings (SSSR count). The van der Waals surface area contributed by atoms with Crippen LogP contribution in [0.5, 0.6) is 5.75 Å². The second-order valence-electron chi connectivity index (χ2n) is 18.0. The number of nitrogens with one attached hydrogen (secondary N) is 4. The van der Waals surface area contributed by atoms with E-state index in [2.05, 4.69) is 26.3 Å². The topological polar surface area (TPSA) is 205 Å². The van der Waals surface area contributed by atoms with Gasteiger partial charge in [0.15, 0.2) is 0 Å². The minimum absolute atomic E-state index is 0.0419. The third-order valence-corrected chi connectivity index (χ3v) is 12.7. The second kappa shape index (κ2) is 24.5. The number of benzene rings is 3.